The summed E-state index contributed by atoms with van der Waals surface area (Å²) in [6.07, 6.45) is 2.79. The van der Waals surface area contributed by atoms with Crippen LogP contribution < -0.4 is 5.32 Å². The first-order valence-electron chi connectivity index (χ1n) is 13.0. The number of aromatic amines is 1. The Hall–Kier alpha value is -4.33. The summed E-state index contributed by atoms with van der Waals surface area (Å²) in [4.78, 5) is 51.9. The average molecular weight is 571 g/mol. The maximum atomic E-state index is 13.8. The molecule has 1 aromatic heterocycles. The molecule has 5 rings (SSSR count). The summed E-state index contributed by atoms with van der Waals surface area (Å²) in [5.74, 6) is -3.36. The Bertz CT molecular complexity index is 1390. The number of aromatic nitrogens is 1. The van der Waals surface area contributed by atoms with E-state index in [2.05, 4.69) is 15.2 Å². The molecule has 2 amide bonds. The molecule has 0 bridgehead atoms. The summed E-state index contributed by atoms with van der Waals surface area (Å²) in [7, 11) is 0. The van der Waals surface area contributed by atoms with Gasteiger partial charge in [-0.3, -0.25) is 14.5 Å². The number of aliphatic hydroxyl groups is 1. The molecule has 12 nitrogen and oxygen atoms in total. The number of ether oxygens (including phenoxy) is 1. The standard InChI is InChI=1S/C24H27FN4O4.C4H4O4/c1-14-21(11-18-17-10-15(25)2-3-19(17)27-23(18)31)26-20-4-5-29(24(32)22(14)20)13-16(30)12-28-6-8-33-9-7-28;5-3(6)1-2-4(7)8/h2-3,10-11,16,26,30H,4-9,12-13H2,1H3,(H,27,31);1-2H,(H,5,6)(H,7,8)/b18-11-;2-1-/t16-;/m1./s1. The van der Waals surface area contributed by atoms with Crippen LogP contribution in [0.15, 0.2) is 30.4 Å². The van der Waals surface area contributed by atoms with Crippen molar-refractivity contribution in [1.82, 2.24) is 14.8 Å². The van der Waals surface area contributed by atoms with Gasteiger partial charge in [-0.2, -0.15) is 0 Å². The molecule has 5 N–H and O–H groups in total. The normalized spacial score (nSPS) is 18.5. The zero-order valence-corrected chi connectivity index (χ0v) is 22.4. The number of hydrogen-bond acceptors (Lipinski definition) is 7. The van der Waals surface area contributed by atoms with E-state index in [-0.39, 0.29) is 18.4 Å². The molecule has 1 fully saturated rings. The predicted octanol–water partition coefficient (Wildman–Crippen LogP) is 1.36. The largest absolute Gasteiger partial charge is 0.478 e. The quantitative estimate of drug-likeness (QED) is 0.308. The summed E-state index contributed by atoms with van der Waals surface area (Å²) in [5, 5.41) is 28.9. The number of amides is 2. The zero-order valence-electron chi connectivity index (χ0n) is 22.4. The SMILES string of the molecule is Cc1c(/C=C2\C(=O)Nc3ccc(F)cc32)[nH]c2c1C(=O)N(C[C@H](O)CN1CCOCC1)CC2.O=C(O)/C=C\C(=O)O. The Morgan fingerprint density at radius 2 is 1.78 bits per heavy atom. The molecule has 41 heavy (non-hydrogen) atoms. The molecule has 4 heterocycles. The number of nitrogens with zero attached hydrogens (tertiary/aromatic N) is 2. The lowest BCUT2D eigenvalue weighted by atomic mass is 10.0. The van der Waals surface area contributed by atoms with Crippen molar-refractivity contribution >= 4 is 41.1 Å². The second-order valence-electron chi connectivity index (χ2n) is 9.80. The Balaban J connectivity index is 0.000000426. The van der Waals surface area contributed by atoms with Gasteiger partial charge in [0.05, 0.1) is 30.5 Å². The van der Waals surface area contributed by atoms with Gasteiger partial charge in [-0.05, 0) is 36.8 Å². The first-order chi connectivity index (χ1) is 19.5. The van der Waals surface area contributed by atoms with E-state index in [0.717, 1.165) is 24.3 Å². The number of aliphatic carboxylic acids is 2. The summed E-state index contributed by atoms with van der Waals surface area (Å²) in [6, 6.07) is 4.18. The zero-order chi connectivity index (χ0) is 29.7. The molecule has 1 saturated heterocycles. The number of carbonyl (C=O) groups is 4. The third-order valence-electron chi connectivity index (χ3n) is 6.92. The number of benzene rings is 1. The summed E-state index contributed by atoms with van der Waals surface area (Å²) >= 11 is 0. The molecular formula is C28H31FN4O8. The van der Waals surface area contributed by atoms with Gasteiger partial charge < -0.3 is 35.3 Å². The number of H-pyrrole nitrogens is 1. The van der Waals surface area contributed by atoms with E-state index >= 15 is 0 Å². The minimum Gasteiger partial charge on any atom is -0.478 e. The molecule has 0 spiro atoms. The van der Waals surface area contributed by atoms with Crippen molar-refractivity contribution < 1.29 is 43.6 Å². The van der Waals surface area contributed by atoms with Crippen molar-refractivity contribution in [3.63, 3.8) is 0 Å². The minimum absolute atomic E-state index is 0.127. The number of aliphatic hydroxyl groups excluding tert-OH is 1. The highest BCUT2D eigenvalue weighted by molar-refractivity contribution is 6.35. The summed E-state index contributed by atoms with van der Waals surface area (Å²) in [5.41, 5.74) is 4.24. The van der Waals surface area contributed by atoms with E-state index in [9.17, 15) is 28.7 Å². The Morgan fingerprint density at radius 1 is 1.10 bits per heavy atom. The van der Waals surface area contributed by atoms with E-state index in [1.54, 1.807) is 17.0 Å². The fourth-order valence-corrected chi connectivity index (χ4v) is 4.97. The van der Waals surface area contributed by atoms with Crippen LogP contribution >= 0.6 is 0 Å². The first kappa shape index (κ1) is 29.6. The number of β-amino-alcohol motifs (C(OH)–C–C–N with tert-alkyl or cyclic N) is 1. The third kappa shape index (κ3) is 7.25. The number of carboxylic acids is 2. The van der Waals surface area contributed by atoms with Crippen LogP contribution in [-0.4, -0.2) is 106 Å². The number of carbonyl (C=O) groups excluding carboxylic acids is 2. The van der Waals surface area contributed by atoms with Gasteiger partial charge in [0.15, 0.2) is 0 Å². The fraction of sp³-hybridized carbons (Fsp3) is 0.357. The van der Waals surface area contributed by atoms with Crippen LogP contribution in [0, 0.1) is 12.7 Å². The maximum absolute atomic E-state index is 13.8. The van der Waals surface area contributed by atoms with E-state index in [0.29, 0.717) is 73.0 Å². The van der Waals surface area contributed by atoms with Crippen LogP contribution in [0.25, 0.3) is 11.6 Å². The van der Waals surface area contributed by atoms with Gasteiger partial charge in [-0.1, -0.05) is 0 Å². The first-order valence-corrected chi connectivity index (χ1v) is 13.0. The molecule has 3 aliphatic heterocycles. The molecule has 0 aliphatic carbocycles. The molecule has 2 aromatic rings. The van der Waals surface area contributed by atoms with Crippen molar-refractivity contribution in [3.05, 3.63) is 64.2 Å². The van der Waals surface area contributed by atoms with E-state index in [1.165, 1.54) is 12.1 Å². The third-order valence-corrected chi connectivity index (χ3v) is 6.92. The highest BCUT2D eigenvalue weighted by Crippen LogP contribution is 2.35. The van der Waals surface area contributed by atoms with Gasteiger partial charge in [0, 0.05) is 73.9 Å². The molecule has 13 heteroatoms. The number of carboxylic acid groups (broad SMARTS) is 2. The maximum Gasteiger partial charge on any atom is 0.328 e. The molecule has 1 aromatic carbocycles. The van der Waals surface area contributed by atoms with Crippen LogP contribution in [0.3, 0.4) is 0 Å². The van der Waals surface area contributed by atoms with Gasteiger partial charge in [-0.25, -0.2) is 14.0 Å². The van der Waals surface area contributed by atoms with Gasteiger partial charge in [0.25, 0.3) is 11.8 Å². The highest BCUT2D eigenvalue weighted by atomic mass is 19.1. The van der Waals surface area contributed by atoms with Crippen LogP contribution in [0.5, 0.6) is 0 Å². The number of hydrogen-bond donors (Lipinski definition) is 5. The van der Waals surface area contributed by atoms with Crippen LogP contribution in [0.2, 0.25) is 0 Å². The fourth-order valence-electron chi connectivity index (χ4n) is 4.97. The molecule has 0 saturated carbocycles. The van der Waals surface area contributed by atoms with Gasteiger partial charge >= 0.3 is 11.9 Å². The second kappa shape index (κ2) is 12.9. The molecular weight excluding hydrogens is 539 g/mol. The Kier molecular flexibility index (Phi) is 9.32. The predicted molar refractivity (Wildman–Crippen MR) is 146 cm³/mol. The van der Waals surface area contributed by atoms with Gasteiger partial charge in [0.1, 0.15) is 5.82 Å². The smallest absolute Gasteiger partial charge is 0.328 e. The summed E-state index contributed by atoms with van der Waals surface area (Å²) < 4.78 is 19.1. The number of rotatable bonds is 7. The molecule has 1 atom stereocenters. The number of fused-ring (bicyclic) bond motifs is 2. The van der Waals surface area contributed by atoms with Crippen LogP contribution in [0.1, 0.15) is 32.9 Å². The van der Waals surface area contributed by atoms with E-state index in [1.807, 2.05) is 6.92 Å². The summed E-state index contributed by atoms with van der Waals surface area (Å²) in [6.45, 7) is 6.02. The molecule has 3 aliphatic rings. The lowest BCUT2D eigenvalue weighted by Crippen LogP contribution is -2.47. The van der Waals surface area contributed by atoms with Crippen LogP contribution in [-0.2, 0) is 25.5 Å². The molecule has 0 radical (unpaired) electrons. The molecule has 0 unspecified atom stereocenters. The van der Waals surface area contributed by atoms with Crippen molar-refractivity contribution in [2.24, 2.45) is 0 Å². The number of morpholine rings is 1. The van der Waals surface area contributed by atoms with Gasteiger partial charge in [-0.15, -0.1) is 0 Å². The second-order valence-corrected chi connectivity index (χ2v) is 9.80. The topological polar surface area (TPSA) is 172 Å². The lowest BCUT2D eigenvalue weighted by Gasteiger charge is -2.32. The number of nitrogens with one attached hydrogen (secondary N) is 2. The van der Waals surface area contributed by atoms with Gasteiger partial charge in [0.2, 0.25) is 0 Å². The van der Waals surface area contributed by atoms with Crippen molar-refractivity contribution in [2.45, 2.75) is 19.4 Å². The lowest BCUT2D eigenvalue weighted by molar-refractivity contribution is -0.134. The minimum atomic E-state index is -1.26. The Morgan fingerprint density at radius 3 is 2.44 bits per heavy atom. The van der Waals surface area contributed by atoms with Crippen LogP contribution in [0.4, 0.5) is 10.1 Å². The highest BCUT2D eigenvalue weighted by Gasteiger charge is 2.32. The number of anilines is 1. The van der Waals surface area contributed by atoms with Crippen molar-refractivity contribution in [2.75, 3.05) is 51.3 Å². The monoisotopic (exact) mass is 570 g/mol. The van der Waals surface area contributed by atoms with Crippen molar-refractivity contribution in [1.29, 1.82) is 0 Å². The van der Waals surface area contributed by atoms with Crippen molar-refractivity contribution in [3.8, 4) is 0 Å². The van der Waals surface area contributed by atoms with E-state index in [4.69, 9.17) is 14.9 Å². The average Bonchev–Trinajstić information content (AvgIpc) is 3.41. The molecule has 218 valence electrons. The van der Waals surface area contributed by atoms with E-state index < -0.39 is 23.9 Å². The Labute approximate surface area is 234 Å². The number of halogens is 1.